The van der Waals surface area contributed by atoms with Crippen LogP contribution in [0.2, 0.25) is 5.02 Å². The molecular formula is C28H27ClFN7O2. The summed E-state index contributed by atoms with van der Waals surface area (Å²) in [5.74, 6) is -0.406. The molecule has 0 saturated heterocycles. The van der Waals surface area contributed by atoms with E-state index in [2.05, 4.69) is 52.8 Å². The molecule has 0 radical (unpaired) electrons. The van der Waals surface area contributed by atoms with Gasteiger partial charge in [-0.25, -0.2) is 13.9 Å². The van der Waals surface area contributed by atoms with Crippen LogP contribution in [-0.4, -0.2) is 32.6 Å². The Bertz CT molecular complexity index is 1630. The summed E-state index contributed by atoms with van der Waals surface area (Å²) in [5, 5.41) is 24.5. The molecule has 0 bridgehead atoms. The fourth-order valence-corrected chi connectivity index (χ4v) is 4.22. The molecule has 9 nitrogen and oxygen atoms in total. The lowest BCUT2D eigenvalue weighted by Gasteiger charge is -2.21. The third-order valence-electron chi connectivity index (χ3n) is 6.07. The fourth-order valence-electron chi connectivity index (χ4n) is 3.97. The number of fused-ring (bicyclic) bond motifs is 1. The van der Waals surface area contributed by atoms with Crippen molar-refractivity contribution >= 4 is 34.3 Å². The lowest BCUT2D eigenvalue weighted by molar-refractivity contribution is 0.197. The summed E-state index contributed by atoms with van der Waals surface area (Å²) in [6.45, 7) is 6.72. The standard InChI is InChI=1S/C28H27ClFN7O2/c1-28(2,3)15-33-24-17(12-31)13-32-26-21(24)10-20(11-22(26)29)39-27(38)34-25(16-4-6-18(30)7-5-16)23-14-37(36-35-23)19-8-9-19/h4-7,10-11,13-14,19,25H,8-9,15H2,1-3H3,(H,32,33)(H,34,38)/i25D. The number of aromatic nitrogens is 4. The number of halogens is 2. The summed E-state index contributed by atoms with van der Waals surface area (Å²) in [6, 6.07) is 8.61. The maximum atomic E-state index is 13.7. The van der Waals surface area contributed by atoms with E-state index in [-0.39, 0.29) is 33.5 Å². The van der Waals surface area contributed by atoms with Gasteiger partial charge in [-0.15, -0.1) is 5.10 Å². The van der Waals surface area contributed by atoms with Gasteiger partial charge in [0.05, 0.1) is 35.4 Å². The van der Waals surface area contributed by atoms with Crippen molar-refractivity contribution in [2.75, 3.05) is 11.9 Å². The van der Waals surface area contributed by atoms with Gasteiger partial charge >= 0.3 is 6.09 Å². The van der Waals surface area contributed by atoms with Gasteiger partial charge in [-0.05, 0) is 42.0 Å². The van der Waals surface area contributed by atoms with Crippen LogP contribution in [0.5, 0.6) is 5.75 Å². The smallest absolute Gasteiger partial charge is 0.410 e. The topological polar surface area (TPSA) is 118 Å². The monoisotopic (exact) mass is 548 g/mol. The number of benzene rings is 2. The third kappa shape index (κ3) is 6.10. The van der Waals surface area contributed by atoms with E-state index in [0.29, 0.717) is 28.7 Å². The molecule has 2 heterocycles. The van der Waals surface area contributed by atoms with Gasteiger partial charge in [0.25, 0.3) is 0 Å². The van der Waals surface area contributed by atoms with E-state index >= 15 is 0 Å². The number of ether oxygens (including phenoxy) is 1. The Morgan fingerprint density at radius 2 is 2.08 bits per heavy atom. The van der Waals surface area contributed by atoms with E-state index in [0.717, 1.165) is 12.8 Å². The molecule has 0 spiro atoms. The molecular weight excluding hydrogens is 521 g/mol. The second kappa shape index (κ2) is 10.5. The van der Waals surface area contributed by atoms with Crippen molar-refractivity contribution in [1.29, 1.82) is 5.26 Å². The molecule has 2 aromatic heterocycles. The summed E-state index contributed by atoms with van der Waals surface area (Å²) in [5.41, 5.74) is 1.60. The number of pyridine rings is 1. The van der Waals surface area contributed by atoms with Gasteiger partial charge in [0.2, 0.25) is 0 Å². The van der Waals surface area contributed by atoms with Gasteiger partial charge in [0.1, 0.15) is 29.3 Å². The molecule has 1 amide bonds. The number of carbonyl (C=O) groups excluding carboxylic acids is 1. The van der Waals surface area contributed by atoms with Crippen molar-refractivity contribution in [2.45, 2.75) is 45.7 Å². The van der Waals surface area contributed by atoms with Crippen LogP contribution < -0.4 is 15.4 Å². The number of carbonyl (C=O) groups is 1. The number of nitriles is 1. The second-order valence-electron chi connectivity index (χ2n) is 10.6. The molecule has 4 aromatic rings. The molecule has 1 atom stereocenters. The number of nitrogens with zero attached hydrogens (tertiary/aromatic N) is 5. The Labute approximate surface area is 231 Å². The van der Waals surface area contributed by atoms with Gasteiger partial charge < -0.3 is 15.4 Å². The maximum absolute atomic E-state index is 13.7. The van der Waals surface area contributed by atoms with Gasteiger partial charge in [-0.3, -0.25) is 4.98 Å². The molecule has 0 aliphatic heterocycles. The van der Waals surface area contributed by atoms with E-state index in [4.69, 9.17) is 16.3 Å². The van der Waals surface area contributed by atoms with Gasteiger partial charge in [-0.1, -0.05) is 49.7 Å². The lowest BCUT2D eigenvalue weighted by Crippen LogP contribution is -2.32. The number of anilines is 1. The largest absolute Gasteiger partial charge is 0.413 e. The van der Waals surface area contributed by atoms with Gasteiger partial charge in [0.15, 0.2) is 0 Å². The second-order valence-corrected chi connectivity index (χ2v) is 11.0. The first-order valence-corrected chi connectivity index (χ1v) is 12.8. The highest BCUT2D eigenvalue weighted by molar-refractivity contribution is 6.35. The Hall–Kier alpha value is -4.23. The Kier molecular flexibility index (Phi) is 6.75. The van der Waals surface area contributed by atoms with Crippen molar-refractivity contribution in [3.8, 4) is 11.8 Å². The summed E-state index contributed by atoms with van der Waals surface area (Å²) in [6.07, 6.45) is 3.99. The molecule has 39 heavy (non-hydrogen) atoms. The molecule has 2 aromatic carbocycles. The Balaban J connectivity index is 1.47. The van der Waals surface area contributed by atoms with E-state index in [9.17, 15) is 15.8 Å². The van der Waals surface area contributed by atoms with Crippen LogP contribution in [-0.2, 0) is 0 Å². The molecule has 1 aliphatic carbocycles. The zero-order chi connectivity index (χ0) is 28.7. The van der Waals surface area contributed by atoms with Crippen molar-refractivity contribution in [3.05, 3.63) is 76.5 Å². The van der Waals surface area contributed by atoms with Crippen LogP contribution >= 0.6 is 11.6 Å². The predicted octanol–water partition coefficient (Wildman–Crippen LogP) is 6.16. The average Bonchev–Trinajstić information content (AvgIpc) is 3.62. The van der Waals surface area contributed by atoms with Crippen molar-refractivity contribution in [2.24, 2.45) is 5.41 Å². The average molecular weight is 549 g/mol. The van der Waals surface area contributed by atoms with Crippen LogP contribution in [0, 0.1) is 22.6 Å². The summed E-state index contributed by atoms with van der Waals surface area (Å²) in [4.78, 5) is 17.5. The molecule has 200 valence electrons. The fraction of sp³-hybridized carbons (Fsp3) is 0.321. The van der Waals surface area contributed by atoms with E-state index in [1.807, 2.05) is 0 Å². The zero-order valence-corrected chi connectivity index (χ0v) is 22.4. The number of rotatable bonds is 7. The summed E-state index contributed by atoms with van der Waals surface area (Å²) < 4.78 is 30.1. The van der Waals surface area contributed by atoms with Gasteiger partial charge in [-0.2, -0.15) is 5.26 Å². The third-order valence-corrected chi connectivity index (χ3v) is 6.36. The van der Waals surface area contributed by atoms with Crippen LogP contribution in [0.3, 0.4) is 0 Å². The first kappa shape index (κ1) is 25.1. The number of nitrogens with one attached hydrogen (secondary N) is 2. The molecule has 1 unspecified atom stereocenters. The van der Waals surface area contributed by atoms with Crippen molar-refractivity contribution in [3.63, 3.8) is 0 Å². The minimum atomic E-state index is -1.92. The van der Waals surface area contributed by atoms with Crippen molar-refractivity contribution in [1.82, 2.24) is 25.3 Å². The molecule has 2 N–H and O–H groups in total. The lowest BCUT2D eigenvalue weighted by atomic mass is 9.96. The highest BCUT2D eigenvalue weighted by atomic mass is 35.5. The first-order valence-electron chi connectivity index (χ1n) is 12.9. The number of amides is 1. The van der Waals surface area contributed by atoms with Crippen LogP contribution in [0.4, 0.5) is 14.9 Å². The predicted molar refractivity (Wildman–Crippen MR) is 145 cm³/mol. The molecule has 11 heteroatoms. The van der Waals surface area contributed by atoms with Gasteiger partial charge in [0, 0.05) is 24.2 Å². The van der Waals surface area contributed by atoms with E-state index in [1.54, 1.807) is 16.9 Å². The minimum absolute atomic E-state index is 0.0776. The van der Waals surface area contributed by atoms with Crippen LogP contribution in [0.15, 0.2) is 48.8 Å². The quantitative estimate of drug-likeness (QED) is 0.284. The SMILES string of the molecule is [2H]C(NC(=O)Oc1cc(Cl)c2ncc(C#N)c(NCC(C)(C)C)c2c1)(c1ccc(F)cc1)c1cn(C2CC2)nn1. The molecule has 5 rings (SSSR count). The Morgan fingerprint density at radius 3 is 2.74 bits per heavy atom. The highest BCUT2D eigenvalue weighted by Crippen LogP contribution is 2.36. The molecule has 1 saturated carbocycles. The number of hydrogen-bond acceptors (Lipinski definition) is 7. The first-order chi connectivity index (χ1) is 19.0. The number of hydrogen-bond donors (Lipinski definition) is 2. The highest BCUT2D eigenvalue weighted by Gasteiger charge is 2.28. The molecule has 1 fully saturated rings. The van der Waals surface area contributed by atoms with Crippen LogP contribution in [0.25, 0.3) is 10.9 Å². The van der Waals surface area contributed by atoms with Crippen LogP contribution in [0.1, 0.15) is 63.9 Å². The summed E-state index contributed by atoms with van der Waals surface area (Å²) in [7, 11) is 0. The molecule has 1 aliphatic rings. The van der Waals surface area contributed by atoms with E-state index < -0.39 is 17.9 Å². The van der Waals surface area contributed by atoms with Crippen molar-refractivity contribution < 1.29 is 15.3 Å². The Morgan fingerprint density at radius 1 is 1.33 bits per heavy atom. The minimum Gasteiger partial charge on any atom is -0.410 e. The summed E-state index contributed by atoms with van der Waals surface area (Å²) >= 11 is 6.50. The zero-order valence-electron chi connectivity index (χ0n) is 22.6. The van der Waals surface area contributed by atoms with E-state index in [1.165, 1.54) is 36.5 Å². The maximum Gasteiger partial charge on any atom is 0.413 e. The normalized spacial score (nSPS) is 15.2.